The van der Waals surface area contributed by atoms with Gasteiger partial charge in [0.15, 0.2) is 0 Å². The number of nitrogen functional groups attached to an aromatic ring is 2. The first-order valence-electron chi connectivity index (χ1n) is 3.08. The molecular weight excluding hydrogens is 123 g/mol. The number of hydrogen-bond acceptors (Lipinski definition) is 2. The van der Waals surface area contributed by atoms with Crippen LogP contribution in [0.15, 0.2) is 18.2 Å². The maximum absolute atomic E-state index is 5.52. The van der Waals surface area contributed by atoms with E-state index in [-0.39, 0.29) is 0 Å². The minimum absolute atomic E-state index is 0.504. The molecule has 4 N–H and O–H groups in total. The molecule has 0 fully saturated rings. The quantitative estimate of drug-likeness (QED) is 0.432. The van der Waals surface area contributed by atoms with Crippen molar-refractivity contribution in [2.75, 3.05) is 11.5 Å². The van der Waals surface area contributed by atoms with Crippen LogP contribution in [0.4, 0.5) is 11.4 Å². The molecule has 0 saturated heterocycles. The molecule has 0 saturated carbocycles. The molecule has 0 unspecified atom stereocenters. The fraction of sp³-hybridized carbons (Fsp3) is 0.143. The molecule has 1 aromatic rings. The zero-order valence-electron chi connectivity index (χ0n) is 5.67. The van der Waals surface area contributed by atoms with E-state index >= 15 is 0 Å². The Bertz CT molecular complexity index is 235. The molecule has 50 valence electrons. The molecule has 0 bridgehead atoms. The molecule has 0 spiro atoms. The topological polar surface area (TPSA) is 52.0 Å². The van der Waals surface area contributed by atoms with Crippen molar-refractivity contribution < 1.29 is 0 Å². The van der Waals surface area contributed by atoms with Crippen LogP contribution in [-0.4, -0.2) is 7.85 Å². The molecule has 0 aliphatic rings. The van der Waals surface area contributed by atoms with Gasteiger partial charge in [0.05, 0.1) is 19.2 Å². The fourth-order valence-electron chi connectivity index (χ4n) is 0.751. The predicted molar refractivity (Wildman–Crippen MR) is 44.7 cm³/mol. The van der Waals surface area contributed by atoms with Crippen LogP contribution in [0.3, 0.4) is 0 Å². The number of hydrogen-bond donors (Lipinski definition) is 2. The van der Waals surface area contributed by atoms with Crippen molar-refractivity contribution in [2.24, 2.45) is 0 Å². The lowest BCUT2D eigenvalue weighted by Gasteiger charge is -2.01. The van der Waals surface area contributed by atoms with E-state index in [0.29, 0.717) is 17.7 Å². The number of nitrogens with two attached hydrogens (primary N) is 2. The Morgan fingerprint density at radius 1 is 1.20 bits per heavy atom. The van der Waals surface area contributed by atoms with Gasteiger partial charge < -0.3 is 11.5 Å². The molecule has 1 aromatic carbocycles. The van der Waals surface area contributed by atoms with Crippen molar-refractivity contribution in [3.05, 3.63) is 23.8 Å². The third kappa shape index (κ3) is 1.24. The highest BCUT2D eigenvalue weighted by Gasteiger charge is 1.93. The lowest BCUT2D eigenvalue weighted by Crippen LogP contribution is -1.95. The summed E-state index contributed by atoms with van der Waals surface area (Å²) in [5.74, 6) is 0. The average Bonchev–Trinajstić information content (AvgIpc) is 1.95. The molecule has 0 aromatic heterocycles. The maximum Gasteiger partial charge on any atom is 0.0716 e. The van der Waals surface area contributed by atoms with E-state index in [1.165, 1.54) is 0 Å². The summed E-state index contributed by atoms with van der Waals surface area (Å²) in [6, 6.07) is 5.42. The van der Waals surface area contributed by atoms with E-state index in [4.69, 9.17) is 19.3 Å². The van der Waals surface area contributed by atoms with Gasteiger partial charge >= 0.3 is 0 Å². The van der Waals surface area contributed by atoms with Crippen molar-refractivity contribution in [1.29, 1.82) is 0 Å². The van der Waals surface area contributed by atoms with Gasteiger partial charge in [0, 0.05) is 0 Å². The van der Waals surface area contributed by atoms with Gasteiger partial charge in [-0.1, -0.05) is 17.9 Å². The Labute approximate surface area is 61.6 Å². The molecule has 0 aliphatic carbocycles. The van der Waals surface area contributed by atoms with Gasteiger partial charge in [-0.3, -0.25) is 0 Å². The predicted octanol–water partition coefficient (Wildman–Crippen LogP) is 0.520. The van der Waals surface area contributed by atoms with Gasteiger partial charge in [0.1, 0.15) is 0 Å². The Morgan fingerprint density at radius 2 is 1.90 bits per heavy atom. The second kappa shape index (κ2) is 2.65. The van der Waals surface area contributed by atoms with Gasteiger partial charge in [-0.2, -0.15) is 0 Å². The summed E-state index contributed by atoms with van der Waals surface area (Å²) in [4.78, 5) is 0. The van der Waals surface area contributed by atoms with Crippen LogP contribution in [0.25, 0.3) is 0 Å². The van der Waals surface area contributed by atoms with Crippen LogP contribution in [0.1, 0.15) is 5.56 Å². The smallest absolute Gasteiger partial charge is 0.0716 e. The SMILES string of the molecule is [B]Cc1ccc(N)c(N)c1. The van der Waals surface area contributed by atoms with Gasteiger partial charge in [-0.05, 0) is 12.1 Å². The average molecular weight is 132 g/mol. The summed E-state index contributed by atoms with van der Waals surface area (Å²) in [5.41, 5.74) is 13.2. The molecule has 2 nitrogen and oxygen atoms in total. The fourth-order valence-corrected chi connectivity index (χ4v) is 0.751. The lowest BCUT2D eigenvalue weighted by molar-refractivity contribution is 1.40. The minimum Gasteiger partial charge on any atom is -0.397 e. The number of benzene rings is 1. The highest BCUT2D eigenvalue weighted by molar-refractivity contribution is 6.08. The van der Waals surface area contributed by atoms with E-state index in [0.717, 1.165) is 5.56 Å². The zero-order chi connectivity index (χ0) is 7.56. The maximum atomic E-state index is 5.52. The van der Waals surface area contributed by atoms with E-state index < -0.39 is 0 Å². The molecule has 10 heavy (non-hydrogen) atoms. The Hall–Kier alpha value is -1.12. The van der Waals surface area contributed by atoms with E-state index in [1.807, 2.05) is 6.07 Å². The third-order valence-electron chi connectivity index (χ3n) is 1.39. The minimum atomic E-state index is 0.504. The third-order valence-corrected chi connectivity index (χ3v) is 1.39. The molecule has 2 radical (unpaired) electrons. The van der Waals surface area contributed by atoms with Crippen LogP contribution < -0.4 is 11.5 Å². The molecule has 0 atom stereocenters. The van der Waals surface area contributed by atoms with Crippen molar-refractivity contribution in [3.63, 3.8) is 0 Å². The Kier molecular flexibility index (Phi) is 1.85. The van der Waals surface area contributed by atoms with Gasteiger partial charge in [-0.15, -0.1) is 0 Å². The summed E-state index contributed by atoms with van der Waals surface area (Å²) >= 11 is 0. The van der Waals surface area contributed by atoms with Crippen molar-refractivity contribution >= 4 is 19.2 Å². The summed E-state index contributed by atoms with van der Waals surface area (Å²) in [6.07, 6.45) is 0.504. The van der Waals surface area contributed by atoms with Crippen LogP contribution in [-0.2, 0) is 6.32 Å². The zero-order valence-corrected chi connectivity index (χ0v) is 5.67. The summed E-state index contributed by atoms with van der Waals surface area (Å²) in [7, 11) is 5.37. The second-order valence-electron chi connectivity index (χ2n) is 2.17. The largest absolute Gasteiger partial charge is 0.397 e. The number of anilines is 2. The van der Waals surface area contributed by atoms with Crippen LogP contribution in [0.2, 0.25) is 0 Å². The molecule has 0 heterocycles. The van der Waals surface area contributed by atoms with Gasteiger partial charge in [-0.25, -0.2) is 0 Å². The van der Waals surface area contributed by atoms with Crippen molar-refractivity contribution in [3.8, 4) is 0 Å². The van der Waals surface area contributed by atoms with Gasteiger partial charge in [0.25, 0.3) is 0 Å². The first kappa shape index (κ1) is 7.00. The molecule has 3 heteroatoms. The van der Waals surface area contributed by atoms with E-state index in [1.54, 1.807) is 12.1 Å². The lowest BCUT2D eigenvalue weighted by atomic mass is 9.96. The molecule has 0 aliphatic heterocycles. The van der Waals surface area contributed by atoms with Crippen LogP contribution in [0.5, 0.6) is 0 Å². The van der Waals surface area contributed by atoms with Crippen molar-refractivity contribution in [1.82, 2.24) is 0 Å². The molecule has 1 rings (SSSR count). The summed E-state index contributed by atoms with van der Waals surface area (Å²) in [6.45, 7) is 0. The normalized spacial score (nSPS) is 9.60. The van der Waals surface area contributed by atoms with E-state index in [9.17, 15) is 0 Å². The first-order valence-corrected chi connectivity index (χ1v) is 3.08. The number of rotatable bonds is 1. The van der Waals surface area contributed by atoms with E-state index in [2.05, 4.69) is 0 Å². The molecule has 0 amide bonds. The molecular formula is C7H9BN2. The highest BCUT2D eigenvalue weighted by atomic mass is 14.7. The standard InChI is InChI=1S/C7H9BN2/c8-4-5-1-2-6(9)7(10)3-5/h1-3H,4,9-10H2. The first-order chi connectivity index (χ1) is 4.74. The van der Waals surface area contributed by atoms with Crippen molar-refractivity contribution in [2.45, 2.75) is 6.32 Å². The van der Waals surface area contributed by atoms with Gasteiger partial charge in [0.2, 0.25) is 0 Å². The summed E-state index contributed by atoms with van der Waals surface area (Å²) in [5, 5.41) is 0. The Morgan fingerprint density at radius 3 is 2.40 bits per heavy atom. The van der Waals surface area contributed by atoms with Crippen LogP contribution >= 0.6 is 0 Å². The highest BCUT2D eigenvalue weighted by Crippen LogP contribution is 2.15. The summed E-state index contributed by atoms with van der Waals surface area (Å²) < 4.78 is 0. The monoisotopic (exact) mass is 132 g/mol. The Balaban J connectivity index is 3.04. The van der Waals surface area contributed by atoms with Crippen LogP contribution in [0, 0.1) is 0 Å². The second-order valence-corrected chi connectivity index (χ2v) is 2.17.